The average Bonchev–Trinajstić information content (AvgIpc) is 2.74. The number of unbranched alkanes of at least 4 members (excludes halogenated alkanes) is 1. The molecule has 8 heteroatoms. The molecule has 0 spiro atoms. The molecule has 1 atom stereocenters. The maximum Gasteiger partial charge on any atom is 0.251 e. The van der Waals surface area contributed by atoms with Crippen LogP contribution in [-0.2, 0) is 19.6 Å². The Labute approximate surface area is 142 Å². The maximum absolute atomic E-state index is 12.2. The number of methoxy groups -OCH3 is 1. The fourth-order valence-corrected chi connectivity index (χ4v) is 4.35. The van der Waals surface area contributed by atoms with E-state index in [4.69, 9.17) is 4.74 Å². The van der Waals surface area contributed by atoms with Gasteiger partial charge in [-0.1, -0.05) is 13.0 Å². The predicted molar refractivity (Wildman–Crippen MR) is 90.3 cm³/mol. The van der Waals surface area contributed by atoms with E-state index in [1.165, 1.54) is 12.1 Å². The number of amides is 2. The Kier molecular flexibility index (Phi) is 5.95. The van der Waals surface area contributed by atoms with Crippen molar-refractivity contribution in [2.75, 3.05) is 30.3 Å². The monoisotopic (exact) mass is 354 g/mol. The van der Waals surface area contributed by atoms with Gasteiger partial charge in [-0.15, -0.1) is 0 Å². The second-order valence-corrected chi connectivity index (χ2v) is 7.65. The highest BCUT2D eigenvalue weighted by Crippen LogP contribution is 2.28. The molecule has 0 aliphatic carbocycles. The fraction of sp³-hybridized carbons (Fsp3) is 0.500. The molecule has 0 saturated carbocycles. The normalized spacial score (nSPS) is 19.5. The van der Waals surface area contributed by atoms with Gasteiger partial charge < -0.3 is 10.1 Å². The SMILES string of the molecule is COCCCCNC(=O)c1cccc(N2C(=O)C(C)CS2(=O)=O)c1. The number of carbonyl (C=O) groups excluding carboxylic acids is 2. The predicted octanol–water partition coefficient (Wildman–Crippen LogP) is 1.16. The third kappa shape index (κ3) is 4.12. The molecule has 24 heavy (non-hydrogen) atoms. The van der Waals surface area contributed by atoms with Gasteiger partial charge >= 0.3 is 0 Å². The highest BCUT2D eigenvalue weighted by Gasteiger charge is 2.42. The first-order chi connectivity index (χ1) is 11.4. The van der Waals surface area contributed by atoms with E-state index in [2.05, 4.69) is 5.32 Å². The van der Waals surface area contributed by atoms with E-state index in [-0.39, 0.29) is 17.3 Å². The lowest BCUT2D eigenvalue weighted by Gasteiger charge is -2.16. The first kappa shape index (κ1) is 18.4. The number of hydrogen-bond acceptors (Lipinski definition) is 5. The van der Waals surface area contributed by atoms with E-state index in [0.717, 1.165) is 17.1 Å². The van der Waals surface area contributed by atoms with Crippen molar-refractivity contribution in [3.8, 4) is 0 Å². The summed E-state index contributed by atoms with van der Waals surface area (Å²) in [4.78, 5) is 24.3. The largest absolute Gasteiger partial charge is 0.385 e. The van der Waals surface area contributed by atoms with Crippen molar-refractivity contribution in [3.63, 3.8) is 0 Å². The number of carbonyl (C=O) groups is 2. The van der Waals surface area contributed by atoms with Gasteiger partial charge in [-0.05, 0) is 31.0 Å². The summed E-state index contributed by atoms with van der Waals surface area (Å²) in [5, 5.41) is 2.77. The Bertz CT molecular complexity index is 717. The molecular formula is C16H22N2O5S. The zero-order valence-electron chi connectivity index (χ0n) is 13.8. The Morgan fingerprint density at radius 3 is 2.75 bits per heavy atom. The third-order valence-electron chi connectivity index (χ3n) is 3.76. The molecule has 1 aromatic carbocycles. The van der Waals surface area contributed by atoms with Crippen LogP contribution in [0.1, 0.15) is 30.1 Å². The number of nitrogens with zero attached hydrogens (tertiary/aromatic N) is 1. The van der Waals surface area contributed by atoms with E-state index < -0.39 is 21.8 Å². The number of rotatable bonds is 7. The average molecular weight is 354 g/mol. The first-order valence-electron chi connectivity index (χ1n) is 7.81. The third-order valence-corrected chi connectivity index (χ3v) is 5.63. The minimum Gasteiger partial charge on any atom is -0.385 e. The van der Waals surface area contributed by atoms with Crippen molar-refractivity contribution < 1.29 is 22.7 Å². The molecule has 1 saturated heterocycles. The maximum atomic E-state index is 12.2. The van der Waals surface area contributed by atoms with E-state index in [0.29, 0.717) is 18.7 Å². The van der Waals surface area contributed by atoms with Gasteiger partial charge in [0.1, 0.15) is 0 Å². The van der Waals surface area contributed by atoms with E-state index >= 15 is 0 Å². The number of ether oxygens (including phenoxy) is 1. The molecule has 2 amide bonds. The Hall–Kier alpha value is -1.93. The zero-order chi connectivity index (χ0) is 17.7. The smallest absolute Gasteiger partial charge is 0.251 e. The van der Waals surface area contributed by atoms with Crippen LogP contribution >= 0.6 is 0 Å². The summed E-state index contributed by atoms with van der Waals surface area (Å²) in [6.45, 7) is 2.72. The summed E-state index contributed by atoms with van der Waals surface area (Å²) >= 11 is 0. The van der Waals surface area contributed by atoms with Crippen molar-refractivity contribution in [1.29, 1.82) is 0 Å². The van der Waals surface area contributed by atoms with Crippen LogP contribution < -0.4 is 9.62 Å². The number of benzene rings is 1. The van der Waals surface area contributed by atoms with Crippen molar-refractivity contribution in [2.24, 2.45) is 5.92 Å². The lowest BCUT2D eigenvalue weighted by atomic mass is 10.1. The summed E-state index contributed by atoms with van der Waals surface area (Å²) in [5.74, 6) is -1.55. The molecule has 0 radical (unpaired) electrons. The first-order valence-corrected chi connectivity index (χ1v) is 9.42. The van der Waals surface area contributed by atoms with Gasteiger partial charge in [0.15, 0.2) is 0 Å². The standard InChI is InChI=1S/C16H22N2O5S/c1-12-11-24(21,22)18(16(12)20)14-7-5-6-13(10-14)15(19)17-8-3-4-9-23-2/h5-7,10,12H,3-4,8-9,11H2,1-2H3,(H,17,19). The fourth-order valence-electron chi connectivity index (χ4n) is 2.54. The van der Waals surface area contributed by atoms with Crippen molar-refractivity contribution in [2.45, 2.75) is 19.8 Å². The van der Waals surface area contributed by atoms with Crippen LogP contribution in [0.2, 0.25) is 0 Å². The number of nitrogens with one attached hydrogen (secondary N) is 1. The van der Waals surface area contributed by atoms with Gasteiger partial charge in [0, 0.05) is 25.8 Å². The molecule has 1 aliphatic rings. The second-order valence-electron chi connectivity index (χ2n) is 5.79. The lowest BCUT2D eigenvalue weighted by Crippen LogP contribution is -2.31. The van der Waals surface area contributed by atoms with Crippen LogP contribution in [0.25, 0.3) is 0 Å². The minimum atomic E-state index is -3.67. The molecule has 1 fully saturated rings. The highest BCUT2D eigenvalue weighted by molar-refractivity contribution is 7.94. The Morgan fingerprint density at radius 1 is 1.38 bits per heavy atom. The summed E-state index contributed by atoms with van der Waals surface area (Å²) in [6, 6.07) is 6.10. The van der Waals surface area contributed by atoms with Crippen LogP contribution in [0.5, 0.6) is 0 Å². The number of anilines is 1. The van der Waals surface area contributed by atoms with Crippen LogP contribution in [0, 0.1) is 5.92 Å². The number of hydrogen-bond donors (Lipinski definition) is 1. The summed E-state index contributed by atoms with van der Waals surface area (Å²) in [5.41, 5.74) is 0.526. The topological polar surface area (TPSA) is 92.8 Å². The Balaban J connectivity index is 2.09. The molecule has 1 aromatic rings. The molecule has 132 valence electrons. The van der Waals surface area contributed by atoms with E-state index in [1.54, 1.807) is 26.2 Å². The molecule has 0 bridgehead atoms. The van der Waals surface area contributed by atoms with Gasteiger partial charge in [0.25, 0.3) is 5.91 Å². The van der Waals surface area contributed by atoms with Crippen LogP contribution in [0.15, 0.2) is 24.3 Å². The molecule has 1 heterocycles. The summed E-state index contributed by atoms with van der Waals surface area (Å²) < 4.78 is 30.0. The van der Waals surface area contributed by atoms with Gasteiger partial charge in [0.2, 0.25) is 15.9 Å². The summed E-state index contributed by atoms with van der Waals surface area (Å²) in [6.07, 6.45) is 1.63. The molecule has 1 N–H and O–H groups in total. The van der Waals surface area contributed by atoms with Crippen molar-refractivity contribution >= 4 is 27.5 Å². The molecule has 1 unspecified atom stereocenters. The van der Waals surface area contributed by atoms with Crippen LogP contribution in [-0.4, -0.2) is 46.2 Å². The lowest BCUT2D eigenvalue weighted by molar-refractivity contribution is -0.119. The van der Waals surface area contributed by atoms with Gasteiger partial charge in [-0.2, -0.15) is 0 Å². The highest BCUT2D eigenvalue weighted by atomic mass is 32.2. The van der Waals surface area contributed by atoms with Gasteiger partial charge in [-0.25, -0.2) is 12.7 Å². The molecule has 0 aromatic heterocycles. The minimum absolute atomic E-state index is 0.205. The molecule has 2 rings (SSSR count). The van der Waals surface area contributed by atoms with Crippen LogP contribution in [0.4, 0.5) is 5.69 Å². The van der Waals surface area contributed by atoms with Gasteiger partial charge in [-0.3, -0.25) is 9.59 Å². The Morgan fingerprint density at radius 2 is 2.12 bits per heavy atom. The van der Waals surface area contributed by atoms with E-state index in [9.17, 15) is 18.0 Å². The van der Waals surface area contributed by atoms with Gasteiger partial charge in [0.05, 0.1) is 17.4 Å². The number of sulfonamides is 1. The molecule has 7 nitrogen and oxygen atoms in total. The zero-order valence-corrected chi connectivity index (χ0v) is 14.6. The summed E-state index contributed by atoms with van der Waals surface area (Å²) in [7, 11) is -2.05. The van der Waals surface area contributed by atoms with Crippen LogP contribution in [0.3, 0.4) is 0 Å². The van der Waals surface area contributed by atoms with E-state index in [1.807, 2.05) is 0 Å². The quantitative estimate of drug-likeness (QED) is 0.742. The molecule has 1 aliphatic heterocycles. The van der Waals surface area contributed by atoms with Crippen molar-refractivity contribution in [1.82, 2.24) is 5.32 Å². The van der Waals surface area contributed by atoms with Crippen molar-refractivity contribution in [3.05, 3.63) is 29.8 Å². The second kappa shape index (κ2) is 7.76. The molecular weight excluding hydrogens is 332 g/mol.